The van der Waals surface area contributed by atoms with E-state index in [-0.39, 0.29) is 11.8 Å². The molecule has 0 aromatic heterocycles. The van der Waals surface area contributed by atoms with Gasteiger partial charge in [0, 0.05) is 17.3 Å². The van der Waals surface area contributed by atoms with Crippen molar-refractivity contribution in [3.8, 4) is 0 Å². The standard InChI is InChI=1S/C15H20BrNO3/c1-10(2)7-14(18)17-13(15(19)20-3)9-11-5-4-6-12(16)8-11/h4-6,8,10,13H,7,9H2,1-3H3,(H,17,18)/t13-/m0/s1. The van der Waals surface area contributed by atoms with Gasteiger partial charge < -0.3 is 10.1 Å². The fourth-order valence-electron chi connectivity index (χ4n) is 1.86. The largest absolute Gasteiger partial charge is 0.467 e. The van der Waals surface area contributed by atoms with Crippen LogP contribution in [-0.2, 0) is 20.7 Å². The lowest BCUT2D eigenvalue weighted by Gasteiger charge is -2.17. The van der Waals surface area contributed by atoms with Crippen molar-refractivity contribution in [2.24, 2.45) is 5.92 Å². The molecule has 1 atom stereocenters. The van der Waals surface area contributed by atoms with Crippen LogP contribution in [0.15, 0.2) is 28.7 Å². The minimum Gasteiger partial charge on any atom is -0.467 e. The Morgan fingerprint density at radius 1 is 1.35 bits per heavy atom. The first-order valence-corrected chi connectivity index (χ1v) is 7.33. The smallest absolute Gasteiger partial charge is 0.328 e. The molecule has 1 aromatic carbocycles. The van der Waals surface area contributed by atoms with Gasteiger partial charge in [-0.15, -0.1) is 0 Å². The maximum absolute atomic E-state index is 11.8. The first-order chi connectivity index (χ1) is 9.42. The number of methoxy groups -OCH3 is 1. The summed E-state index contributed by atoms with van der Waals surface area (Å²) in [6.07, 6.45) is 0.807. The van der Waals surface area contributed by atoms with Crippen LogP contribution in [0.25, 0.3) is 0 Å². The third-order valence-electron chi connectivity index (χ3n) is 2.74. The molecule has 1 aromatic rings. The monoisotopic (exact) mass is 341 g/mol. The molecule has 0 unspecified atom stereocenters. The zero-order valence-electron chi connectivity index (χ0n) is 12.0. The molecule has 1 rings (SSSR count). The Hall–Kier alpha value is -1.36. The molecular formula is C15H20BrNO3. The van der Waals surface area contributed by atoms with Gasteiger partial charge in [-0.25, -0.2) is 4.79 Å². The maximum atomic E-state index is 11.8. The van der Waals surface area contributed by atoms with Crippen LogP contribution in [0.3, 0.4) is 0 Å². The highest BCUT2D eigenvalue weighted by Crippen LogP contribution is 2.13. The van der Waals surface area contributed by atoms with Gasteiger partial charge in [-0.3, -0.25) is 4.79 Å². The first-order valence-electron chi connectivity index (χ1n) is 6.54. The van der Waals surface area contributed by atoms with Crippen LogP contribution in [0.2, 0.25) is 0 Å². The van der Waals surface area contributed by atoms with E-state index in [9.17, 15) is 9.59 Å². The summed E-state index contributed by atoms with van der Waals surface area (Å²) >= 11 is 3.39. The zero-order valence-corrected chi connectivity index (χ0v) is 13.6. The minimum absolute atomic E-state index is 0.134. The molecule has 0 radical (unpaired) electrons. The Bertz CT molecular complexity index is 474. The van der Waals surface area contributed by atoms with Crippen LogP contribution in [0.5, 0.6) is 0 Å². The number of hydrogen-bond acceptors (Lipinski definition) is 3. The molecule has 0 saturated heterocycles. The topological polar surface area (TPSA) is 55.4 Å². The predicted octanol–water partition coefficient (Wildman–Crippen LogP) is 2.70. The average molecular weight is 342 g/mol. The van der Waals surface area contributed by atoms with E-state index in [1.165, 1.54) is 7.11 Å². The Morgan fingerprint density at radius 3 is 2.60 bits per heavy atom. The lowest BCUT2D eigenvalue weighted by atomic mass is 10.0. The molecule has 0 aliphatic carbocycles. The molecule has 0 fully saturated rings. The van der Waals surface area contributed by atoms with E-state index < -0.39 is 12.0 Å². The van der Waals surface area contributed by atoms with E-state index in [2.05, 4.69) is 21.2 Å². The Morgan fingerprint density at radius 2 is 2.05 bits per heavy atom. The Labute approximate surface area is 128 Å². The third-order valence-corrected chi connectivity index (χ3v) is 3.24. The van der Waals surface area contributed by atoms with Crippen LogP contribution in [0.1, 0.15) is 25.8 Å². The Balaban J connectivity index is 2.74. The number of carbonyl (C=O) groups is 2. The molecule has 5 heteroatoms. The molecule has 0 aliphatic rings. The van der Waals surface area contributed by atoms with E-state index >= 15 is 0 Å². The van der Waals surface area contributed by atoms with Crippen LogP contribution < -0.4 is 5.32 Å². The molecule has 0 heterocycles. The van der Waals surface area contributed by atoms with E-state index in [1.807, 2.05) is 38.1 Å². The number of esters is 1. The van der Waals surface area contributed by atoms with Crippen molar-refractivity contribution >= 4 is 27.8 Å². The van der Waals surface area contributed by atoms with Crippen LogP contribution in [-0.4, -0.2) is 25.0 Å². The molecule has 0 aliphatic heterocycles. The molecule has 0 saturated carbocycles. The van der Waals surface area contributed by atoms with Crippen molar-refractivity contribution in [3.05, 3.63) is 34.3 Å². The number of carbonyl (C=O) groups excluding carboxylic acids is 2. The SMILES string of the molecule is COC(=O)[C@H](Cc1cccc(Br)c1)NC(=O)CC(C)C. The van der Waals surface area contributed by atoms with Crippen LogP contribution >= 0.6 is 15.9 Å². The van der Waals surface area contributed by atoms with Gasteiger partial charge in [-0.1, -0.05) is 41.9 Å². The summed E-state index contributed by atoms with van der Waals surface area (Å²) in [7, 11) is 1.32. The van der Waals surface area contributed by atoms with Gasteiger partial charge in [0.05, 0.1) is 7.11 Å². The second-order valence-electron chi connectivity index (χ2n) is 5.08. The maximum Gasteiger partial charge on any atom is 0.328 e. The van der Waals surface area contributed by atoms with Crippen molar-refractivity contribution in [3.63, 3.8) is 0 Å². The zero-order chi connectivity index (χ0) is 15.1. The van der Waals surface area contributed by atoms with Gasteiger partial charge in [0.1, 0.15) is 6.04 Å². The van der Waals surface area contributed by atoms with Gasteiger partial charge in [0.25, 0.3) is 0 Å². The minimum atomic E-state index is -0.652. The number of amides is 1. The average Bonchev–Trinajstić information content (AvgIpc) is 2.36. The number of halogens is 1. The molecule has 1 amide bonds. The molecular weight excluding hydrogens is 322 g/mol. The van der Waals surface area contributed by atoms with Crippen LogP contribution in [0.4, 0.5) is 0 Å². The van der Waals surface area contributed by atoms with Crippen molar-refractivity contribution in [2.75, 3.05) is 7.11 Å². The summed E-state index contributed by atoms with van der Waals surface area (Å²) in [6.45, 7) is 3.92. The van der Waals surface area contributed by atoms with Crippen molar-refractivity contribution < 1.29 is 14.3 Å². The highest BCUT2D eigenvalue weighted by atomic mass is 79.9. The fourth-order valence-corrected chi connectivity index (χ4v) is 2.31. The van der Waals surface area contributed by atoms with Gasteiger partial charge in [-0.05, 0) is 23.6 Å². The van der Waals surface area contributed by atoms with Gasteiger partial charge >= 0.3 is 5.97 Å². The van der Waals surface area contributed by atoms with Crippen LogP contribution in [0, 0.1) is 5.92 Å². The summed E-state index contributed by atoms with van der Waals surface area (Å²) in [5.74, 6) is -0.313. The quantitative estimate of drug-likeness (QED) is 0.809. The Kier molecular flexibility index (Phi) is 6.71. The second-order valence-corrected chi connectivity index (χ2v) is 5.99. The van der Waals surface area contributed by atoms with E-state index in [0.717, 1.165) is 10.0 Å². The lowest BCUT2D eigenvalue weighted by molar-refractivity contribution is -0.145. The van der Waals surface area contributed by atoms with Crippen molar-refractivity contribution in [1.82, 2.24) is 5.32 Å². The van der Waals surface area contributed by atoms with E-state index in [0.29, 0.717) is 12.8 Å². The summed E-state index contributed by atoms with van der Waals surface area (Å²) in [6, 6.07) is 6.98. The molecule has 1 N–H and O–H groups in total. The molecule has 0 spiro atoms. The summed E-state index contributed by atoms with van der Waals surface area (Å²) in [4.78, 5) is 23.6. The number of rotatable bonds is 6. The number of hydrogen-bond donors (Lipinski definition) is 1. The summed E-state index contributed by atoms with van der Waals surface area (Å²) < 4.78 is 5.69. The normalized spacial score (nSPS) is 12.1. The third kappa shape index (κ3) is 5.74. The van der Waals surface area contributed by atoms with Crippen molar-refractivity contribution in [1.29, 1.82) is 0 Å². The van der Waals surface area contributed by atoms with E-state index in [1.54, 1.807) is 0 Å². The molecule has 0 bridgehead atoms. The highest BCUT2D eigenvalue weighted by Gasteiger charge is 2.22. The van der Waals surface area contributed by atoms with E-state index in [4.69, 9.17) is 4.74 Å². The van der Waals surface area contributed by atoms with Gasteiger partial charge in [0.15, 0.2) is 0 Å². The first kappa shape index (κ1) is 16.7. The fraction of sp³-hybridized carbons (Fsp3) is 0.467. The lowest BCUT2D eigenvalue weighted by Crippen LogP contribution is -2.43. The number of benzene rings is 1. The predicted molar refractivity (Wildman–Crippen MR) is 81.2 cm³/mol. The highest BCUT2D eigenvalue weighted by molar-refractivity contribution is 9.10. The summed E-state index contributed by atoms with van der Waals surface area (Å²) in [5.41, 5.74) is 0.958. The van der Waals surface area contributed by atoms with Gasteiger partial charge in [0.2, 0.25) is 5.91 Å². The summed E-state index contributed by atoms with van der Waals surface area (Å²) in [5, 5.41) is 2.74. The molecule has 20 heavy (non-hydrogen) atoms. The number of nitrogens with one attached hydrogen (secondary N) is 1. The molecule has 4 nitrogen and oxygen atoms in total. The van der Waals surface area contributed by atoms with Gasteiger partial charge in [-0.2, -0.15) is 0 Å². The number of ether oxygens (including phenoxy) is 1. The molecule has 110 valence electrons. The van der Waals surface area contributed by atoms with Crippen molar-refractivity contribution in [2.45, 2.75) is 32.7 Å². The second kappa shape index (κ2) is 8.04.